The van der Waals surface area contributed by atoms with E-state index in [1.54, 1.807) is 6.07 Å². The van der Waals surface area contributed by atoms with Crippen LogP contribution in [0.25, 0.3) is 5.76 Å². The molecule has 2 aromatic carbocycles. The topological polar surface area (TPSA) is 126 Å². The van der Waals surface area contributed by atoms with Gasteiger partial charge in [-0.25, -0.2) is 0 Å². The van der Waals surface area contributed by atoms with E-state index in [0.717, 1.165) is 4.90 Å². The molecule has 1 unspecified atom stereocenters. The second kappa shape index (κ2) is 9.70. The quantitative estimate of drug-likeness (QED) is 0.195. The Hall–Kier alpha value is -3.92. The van der Waals surface area contributed by atoms with Gasteiger partial charge in [-0.05, 0) is 23.3 Å². The Morgan fingerprint density at radius 3 is 2.39 bits per heavy atom. The molecule has 10 nitrogen and oxygen atoms in total. The van der Waals surface area contributed by atoms with Gasteiger partial charge in [0.25, 0.3) is 11.6 Å². The van der Waals surface area contributed by atoms with Gasteiger partial charge < -0.3 is 24.4 Å². The SMILES string of the molecule is COc1ccc(/C([O-])=C2\C(=O)C(=O)N(CC[NH+](C)C)C2c2cccc([N+](=O)[O-])c2)cc1OC. The summed E-state index contributed by atoms with van der Waals surface area (Å²) in [5, 5.41) is 24.8. The maximum atomic E-state index is 13.5. The second-order valence-corrected chi connectivity index (χ2v) is 7.85. The maximum Gasteiger partial charge on any atom is 0.295 e. The van der Waals surface area contributed by atoms with E-state index in [1.165, 1.54) is 55.5 Å². The van der Waals surface area contributed by atoms with Crippen LogP contribution in [-0.4, -0.2) is 62.9 Å². The summed E-state index contributed by atoms with van der Waals surface area (Å²) >= 11 is 0. The molecule has 1 aliphatic rings. The number of hydrogen-bond donors (Lipinski definition) is 1. The van der Waals surface area contributed by atoms with Crippen molar-refractivity contribution in [3.8, 4) is 11.5 Å². The number of ketones is 1. The number of nitro groups is 1. The molecule has 3 rings (SSSR count). The molecule has 0 spiro atoms. The van der Waals surface area contributed by atoms with Crippen LogP contribution in [0, 0.1) is 10.1 Å². The lowest BCUT2D eigenvalue weighted by molar-refractivity contribution is -0.857. The minimum Gasteiger partial charge on any atom is -0.872 e. The number of benzene rings is 2. The van der Waals surface area contributed by atoms with Gasteiger partial charge in [0.05, 0.1) is 52.4 Å². The first-order valence-corrected chi connectivity index (χ1v) is 10.2. The summed E-state index contributed by atoms with van der Waals surface area (Å²) in [6.45, 7) is 0.714. The summed E-state index contributed by atoms with van der Waals surface area (Å²) in [5.74, 6) is -1.68. The number of nitro benzene ring substituents is 1. The predicted molar refractivity (Wildman–Crippen MR) is 117 cm³/mol. The lowest BCUT2D eigenvalue weighted by Crippen LogP contribution is -3.06. The van der Waals surface area contributed by atoms with E-state index in [1.807, 2.05) is 14.1 Å². The molecule has 0 bridgehead atoms. The molecule has 2 aromatic rings. The number of likely N-dealkylation sites (N-methyl/N-ethyl adjacent to an activating group) is 1. The molecule has 0 aliphatic carbocycles. The van der Waals surface area contributed by atoms with Crippen LogP contribution >= 0.6 is 0 Å². The molecule has 0 radical (unpaired) electrons. The van der Waals surface area contributed by atoms with Crippen molar-refractivity contribution in [3.63, 3.8) is 0 Å². The first-order valence-electron chi connectivity index (χ1n) is 10.2. The monoisotopic (exact) mass is 455 g/mol. The Labute approximate surface area is 190 Å². The number of rotatable bonds is 8. The van der Waals surface area contributed by atoms with Gasteiger partial charge in [0.2, 0.25) is 5.78 Å². The highest BCUT2D eigenvalue weighted by Crippen LogP contribution is 2.40. The molecule has 174 valence electrons. The molecule has 33 heavy (non-hydrogen) atoms. The van der Waals surface area contributed by atoms with Crippen LogP contribution in [0.1, 0.15) is 17.2 Å². The summed E-state index contributed by atoms with van der Waals surface area (Å²) in [4.78, 5) is 39.0. The van der Waals surface area contributed by atoms with E-state index >= 15 is 0 Å². The van der Waals surface area contributed by atoms with Crippen molar-refractivity contribution in [2.75, 3.05) is 41.4 Å². The molecular weight excluding hydrogens is 430 g/mol. The average Bonchev–Trinajstić information content (AvgIpc) is 3.06. The smallest absolute Gasteiger partial charge is 0.295 e. The van der Waals surface area contributed by atoms with Crippen molar-refractivity contribution < 1.29 is 34.0 Å². The van der Waals surface area contributed by atoms with Crippen molar-refractivity contribution in [3.05, 3.63) is 69.3 Å². The van der Waals surface area contributed by atoms with Crippen LogP contribution in [0.4, 0.5) is 5.69 Å². The number of Topliss-reactive ketones (excluding diaryl/α,β-unsaturated/α-hetero) is 1. The number of nitrogens with one attached hydrogen (secondary N) is 1. The highest BCUT2D eigenvalue weighted by molar-refractivity contribution is 6.46. The fraction of sp³-hybridized carbons (Fsp3) is 0.304. The highest BCUT2D eigenvalue weighted by Gasteiger charge is 2.44. The van der Waals surface area contributed by atoms with Crippen molar-refractivity contribution in [2.45, 2.75) is 6.04 Å². The summed E-state index contributed by atoms with van der Waals surface area (Å²) < 4.78 is 10.4. The Balaban J connectivity index is 2.20. The molecule has 0 aromatic heterocycles. The minimum absolute atomic E-state index is 0.138. The van der Waals surface area contributed by atoms with Crippen molar-refractivity contribution >= 4 is 23.1 Å². The van der Waals surface area contributed by atoms with Gasteiger partial charge in [0.1, 0.15) is 0 Å². The number of nitrogens with zero attached hydrogens (tertiary/aromatic N) is 2. The number of carbonyl (C=O) groups excluding carboxylic acids is 2. The summed E-state index contributed by atoms with van der Waals surface area (Å²) in [7, 11) is 6.66. The fourth-order valence-electron chi connectivity index (χ4n) is 3.73. The third kappa shape index (κ3) is 4.65. The number of methoxy groups -OCH3 is 2. The molecule has 1 fully saturated rings. The van der Waals surface area contributed by atoms with E-state index in [-0.39, 0.29) is 23.4 Å². The zero-order valence-corrected chi connectivity index (χ0v) is 18.8. The van der Waals surface area contributed by atoms with Crippen LogP contribution in [0.2, 0.25) is 0 Å². The standard InChI is InChI=1S/C23H25N3O7/c1-24(2)10-11-25-20(14-6-5-7-16(12-14)26(30)31)19(22(28)23(25)29)21(27)15-8-9-17(32-3)18(13-15)33-4/h5-9,12-13,20,27H,10-11H2,1-4H3/b21-19+. The Morgan fingerprint density at radius 1 is 1.09 bits per heavy atom. The third-order valence-corrected chi connectivity index (χ3v) is 5.42. The van der Waals surface area contributed by atoms with E-state index in [0.29, 0.717) is 23.6 Å². The molecule has 1 atom stereocenters. The van der Waals surface area contributed by atoms with Crippen LogP contribution in [0.5, 0.6) is 11.5 Å². The first-order chi connectivity index (χ1) is 15.7. The van der Waals surface area contributed by atoms with Crippen LogP contribution in [-0.2, 0) is 9.59 Å². The second-order valence-electron chi connectivity index (χ2n) is 7.85. The number of amides is 1. The lowest BCUT2D eigenvalue weighted by Gasteiger charge is -2.27. The van der Waals surface area contributed by atoms with Crippen LogP contribution < -0.4 is 19.5 Å². The van der Waals surface area contributed by atoms with Gasteiger partial charge in [-0.15, -0.1) is 0 Å². The summed E-state index contributed by atoms with van der Waals surface area (Å²) in [5.41, 5.74) is 0.0113. The molecule has 0 saturated carbocycles. The number of non-ortho nitro benzene ring substituents is 1. The number of quaternary nitrogens is 1. The molecule has 10 heteroatoms. The predicted octanol–water partition coefficient (Wildman–Crippen LogP) is -0.0195. The zero-order chi connectivity index (χ0) is 24.3. The van der Waals surface area contributed by atoms with E-state index in [4.69, 9.17) is 9.47 Å². The van der Waals surface area contributed by atoms with Crippen molar-refractivity contribution in [1.82, 2.24) is 4.90 Å². The fourth-order valence-corrected chi connectivity index (χ4v) is 3.73. The van der Waals surface area contributed by atoms with Crippen LogP contribution in [0.15, 0.2) is 48.0 Å². The van der Waals surface area contributed by atoms with Crippen molar-refractivity contribution in [2.24, 2.45) is 0 Å². The van der Waals surface area contributed by atoms with E-state index in [9.17, 15) is 24.8 Å². The number of carbonyl (C=O) groups is 2. The maximum absolute atomic E-state index is 13.5. The summed E-state index contributed by atoms with van der Waals surface area (Å²) in [6, 6.07) is 9.04. The Kier molecular flexibility index (Phi) is 6.98. The number of hydrogen-bond acceptors (Lipinski definition) is 7. The molecule has 1 heterocycles. The third-order valence-electron chi connectivity index (χ3n) is 5.42. The highest BCUT2D eigenvalue weighted by atomic mass is 16.6. The number of ether oxygens (including phenoxy) is 2. The van der Waals surface area contributed by atoms with E-state index < -0.39 is 28.4 Å². The molecule has 1 amide bonds. The van der Waals surface area contributed by atoms with Crippen LogP contribution in [0.3, 0.4) is 0 Å². The number of likely N-dealkylation sites (tertiary alicyclic amines) is 1. The average molecular weight is 455 g/mol. The Bertz CT molecular complexity index is 1130. The lowest BCUT2D eigenvalue weighted by atomic mass is 9.95. The minimum atomic E-state index is -1.04. The van der Waals surface area contributed by atoms with Gasteiger partial charge in [-0.2, -0.15) is 0 Å². The van der Waals surface area contributed by atoms with Crippen molar-refractivity contribution in [1.29, 1.82) is 0 Å². The van der Waals surface area contributed by atoms with Gasteiger partial charge in [-0.3, -0.25) is 19.7 Å². The summed E-state index contributed by atoms with van der Waals surface area (Å²) in [6.07, 6.45) is 0. The van der Waals surface area contributed by atoms with E-state index in [2.05, 4.69) is 0 Å². The molecule has 1 N–H and O–H groups in total. The molecule has 1 aliphatic heterocycles. The largest absolute Gasteiger partial charge is 0.872 e. The van der Waals surface area contributed by atoms with Gasteiger partial charge in [0, 0.05) is 17.7 Å². The zero-order valence-electron chi connectivity index (χ0n) is 18.8. The first kappa shape index (κ1) is 23.7. The van der Waals surface area contributed by atoms with Gasteiger partial charge in [-0.1, -0.05) is 24.0 Å². The molecule has 1 saturated heterocycles. The Morgan fingerprint density at radius 2 is 1.79 bits per heavy atom. The van der Waals surface area contributed by atoms with Gasteiger partial charge >= 0.3 is 0 Å². The normalized spacial score (nSPS) is 17.5. The molecular formula is C23H25N3O7. The van der Waals surface area contributed by atoms with Gasteiger partial charge in [0.15, 0.2) is 11.5 Å².